The van der Waals surface area contributed by atoms with Crippen LogP contribution in [-0.4, -0.2) is 21.8 Å². The second kappa shape index (κ2) is 7.06. The quantitative estimate of drug-likeness (QED) is 0.579. The molecule has 0 spiro atoms. The van der Waals surface area contributed by atoms with Gasteiger partial charge >= 0.3 is 0 Å². The molecule has 0 saturated carbocycles. The van der Waals surface area contributed by atoms with E-state index in [2.05, 4.69) is 5.32 Å². The van der Waals surface area contributed by atoms with Gasteiger partial charge in [0, 0.05) is 11.3 Å². The highest BCUT2D eigenvalue weighted by molar-refractivity contribution is 7.78. The van der Waals surface area contributed by atoms with E-state index < -0.39 is 11.1 Å². The van der Waals surface area contributed by atoms with Crippen molar-refractivity contribution in [1.82, 2.24) is 0 Å². The van der Waals surface area contributed by atoms with Gasteiger partial charge in [-0.05, 0) is 42.0 Å². The number of amides is 1. The number of nitrogens with one attached hydrogen (secondary N) is 1. The first-order chi connectivity index (χ1) is 10.5. The number of benzene rings is 2. The van der Waals surface area contributed by atoms with Crippen LogP contribution in [0.15, 0.2) is 42.5 Å². The van der Waals surface area contributed by atoms with Crippen LogP contribution in [0.3, 0.4) is 0 Å². The van der Waals surface area contributed by atoms with Gasteiger partial charge in [0.15, 0.2) is 11.1 Å². The van der Waals surface area contributed by atoms with E-state index >= 15 is 0 Å². The summed E-state index contributed by atoms with van der Waals surface area (Å²) in [5.41, 5.74) is 7.67. The van der Waals surface area contributed by atoms with Gasteiger partial charge in [0.2, 0.25) is 0 Å². The number of nitrogen functional groups attached to an aromatic ring is 1. The number of carbonyl (C=O) groups is 1. The van der Waals surface area contributed by atoms with Gasteiger partial charge in [0.05, 0.1) is 18.6 Å². The Morgan fingerprint density at radius 3 is 2.55 bits per heavy atom. The Bertz CT molecular complexity index is 701. The fourth-order valence-electron chi connectivity index (χ4n) is 1.91. The van der Waals surface area contributed by atoms with Crippen molar-refractivity contribution in [3.8, 4) is 5.75 Å². The third kappa shape index (κ3) is 4.06. The van der Waals surface area contributed by atoms with E-state index in [1.165, 1.54) is 7.11 Å². The largest absolute Gasteiger partial charge is 0.495 e. The predicted molar refractivity (Wildman–Crippen MR) is 86.3 cm³/mol. The lowest BCUT2D eigenvalue weighted by Crippen LogP contribution is -2.13. The molecule has 1 amide bonds. The maximum atomic E-state index is 12.2. The molecule has 1 atom stereocenters. The zero-order valence-electron chi connectivity index (χ0n) is 11.9. The maximum absolute atomic E-state index is 12.2. The molecular weight excluding hydrogens is 304 g/mol. The summed E-state index contributed by atoms with van der Waals surface area (Å²) in [4.78, 5) is 12.2. The fourth-order valence-corrected chi connectivity index (χ4v) is 2.38. The molecule has 0 radical (unpaired) electrons. The minimum Gasteiger partial charge on any atom is -0.495 e. The highest BCUT2D eigenvalue weighted by Crippen LogP contribution is 2.26. The lowest BCUT2D eigenvalue weighted by atomic mass is 10.1. The Morgan fingerprint density at radius 2 is 1.95 bits per heavy atom. The summed E-state index contributed by atoms with van der Waals surface area (Å²) < 4.78 is 25.0. The summed E-state index contributed by atoms with van der Waals surface area (Å²) >= 11 is -1.95. The molecule has 116 valence electrons. The first kappa shape index (κ1) is 16.0. The van der Waals surface area contributed by atoms with Crippen LogP contribution in [-0.2, 0) is 16.8 Å². The zero-order valence-corrected chi connectivity index (χ0v) is 12.7. The number of hydrogen-bond donors (Lipinski definition) is 3. The molecule has 1 unspecified atom stereocenters. The van der Waals surface area contributed by atoms with Crippen molar-refractivity contribution in [2.24, 2.45) is 0 Å². The van der Waals surface area contributed by atoms with Gasteiger partial charge in [0.25, 0.3) is 5.91 Å². The zero-order chi connectivity index (χ0) is 16.1. The third-order valence-electron chi connectivity index (χ3n) is 2.98. The summed E-state index contributed by atoms with van der Waals surface area (Å²) in [6, 6.07) is 11.4. The van der Waals surface area contributed by atoms with Crippen LogP contribution < -0.4 is 15.8 Å². The normalized spacial score (nSPS) is 11.7. The standard InChI is InChI=1S/C15H16N2O4S/c1-21-14-7-2-10(9-22(19)20)8-13(14)17-15(18)11-3-5-12(16)6-4-11/h2-8H,9,16H2,1H3,(H,17,18)(H,19,20). The topological polar surface area (TPSA) is 102 Å². The van der Waals surface area contributed by atoms with Crippen molar-refractivity contribution < 1.29 is 18.3 Å². The number of ether oxygens (including phenoxy) is 1. The Labute approximate surface area is 130 Å². The second-order valence-electron chi connectivity index (χ2n) is 4.58. The molecule has 0 saturated heterocycles. The van der Waals surface area contributed by atoms with Crippen LogP contribution in [0, 0.1) is 0 Å². The molecule has 0 aromatic heterocycles. The highest BCUT2D eigenvalue weighted by atomic mass is 32.2. The Kier molecular flexibility index (Phi) is 5.13. The summed E-state index contributed by atoms with van der Waals surface area (Å²) in [5, 5.41) is 2.73. The number of anilines is 2. The van der Waals surface area contributed by atoms with Crippen LogP contribution >= 0.6 is 0 Å². The van der Waals surface area contributed by atoms with Crippen LogP contribution in [0.25, 0.3) is 0 Å². The lowest BCUT2D eigenvalue weighted by Gasteiger charge is -2.12. The van der Waals surface area contributed by atoms with E-state index in [-0.39, 0.29) is 11.7 Å². The predicted octanol–water partition coefficient (Wildman–Crippen LogP) is 2.25. The molecule has 4 N–H and O–H groups in total. The van der Waals surface area contributed by atoms with Crippen molar-refractivity contribution in [2.45, 2.75) is 5.75 Å². The molecule has 2 aromatic rings. The van der Waals surface area contributed by atoms with E-state index in [0.717, 1.165) is 0 Å². The summed E-state index contributed by atoms with van der Waals surface area (Å²) in [7, 11) is 1.48. The van der Waals surface area contributed by atoms with E-state index in [0.29, 0.717) is 28.3 Å². The summed E-state index contributed by atoms with van der Waals surface area (Å²) in [6.45, 7) is 0. The number of hydrogen-bond acceptors (Lipinski definition) is 4. The molecule has 7 heteroatoms. The molecule has 0 fully saturated rings. The molecule has 2 aromatic carbocycles. The van der Waals surface area contributed by atoms with Crippen molar-refractivity contribution in [2.75, 3.05) is 18.2 Å². The van der Waals surface area contributed by atoms with Crippen molar-refractivity contribution >= 4 is 28.4 Å². The summed E-state index contributed by atoms with van der Waals surface area (Å²) in [6.07, 6.45) is 0. The van der Waals surface area contributed by atoms with Crippen LogP contribution in [0.4, 0.5) is 11.4 Å². The average Bonchev–Trinajstić information content (AvgIpc) is 2.47. The Morgan fingerprint density at radius 1 is 1.27 bits per heavy atom. The Hall–Kier alpha value is -2.38. The molecule has 2 rings (SSSR count). The van der Waals surface area contributed by atoms with E-state index in [1.54, 1.807) is 42.5 Å². The number of carbonyl (C=O) groups excluding carboxylic acids is 1. The SMILES string of the molecule is COc1ccc(CS(=O)O)cc1NC(=O)c1ccc(N)cc1. The molecule has 22 heavy (non-hydrogen) atoms. The highest BCUT2D eigenvalue weighted by Gasteiger charge is 2.11. The maximum Gasteiger partial charge on any atom is 0.255 e. The minimum absolute atomic E-state index is 0.0191. The van der Waals surface area contributed by atoms with Gasteiger partial charge in [-0.25, -0.2) is 4.21 Å². The monoisotopic (exact) mass is 320 g/mol. The number of methoxy groups -OCH3 is 1. The Balaban J connectivity index is 2.24. The van der Waals surface area contributed by atoms with Crippen LogP contribution in [0.5, 0.6) is 5.75 Å². The van der Waals surface area contributed by atoms with Crippen molar-refractivity contribution in [3.63, 3.8) is 0 Å². The van der Waals surface area contributed by atoms with Crippen LogP contribution in [0.1, 0.15) is 15.9 Å². The van der Waals surface area contributed by atoms with E-state index in [4.69, 9.17) is 15.0 Å². The van der Waals surface area contributed by atoms with Crippen molar-refractivity contribution in [3.05, 3.63) is 53.6 Å². The van der Waals surface area contributed by atoms with Gasteiger partial charge in [-0.2, -0.15) is 0 Å². The summed E-state index contributed by atoms with van der Waals surface area (Å²) in [5.74, 6) is 0.131. The molecule has 0 bridgehead atoms. The molecule has 0 aliphatic heterocycles. The van der Waals surface area contributed by atoms with Gasteiger partial charge < -0.3 is 20.3 Å². The van der Waals surface area contributed by atoms with Gasteiger partial charge in [-0.15, -0.1) is 0 Å². The molecule has 6 nitrogen and oxygen atoms in total. The molecule has 0 aliphatic carbocycles. The molecule has 0 heterocycles. The van der Waals surface area contributed by atoms with Gasteiger partial charge in [-0.1, -0.05) is 6.07 Å². The first-order valence-electron chi connectivity index (χ1n) is 6.41. The first-order valence-corrected chi connectivity index (χ1v) is 7.68. The van der Waals surface area contributed by atoms with E-state index in [9.17, 15) is 9.00 Å². The smallest absolute Gasteiger partial charge is 0.255 e. The fraction of sp³-hybridized carbons (Fsp3) is 0.133. The average molecular weight is 320 g/mol. The molecule has 0 aliphatic rings. The second-order valence-corrected chi connectivity index (χ2v) is 5.51. The van der Waals surface area contributed by atoms with Crippen molar-refractivity contribution in [1.29, 1.82) is 0 Å². The number of nitrogens with two attached hydrogens (primary N) is 1. The van der Waals surface area contributed by atoms with Gasteiger partial charge in [0.1, 0.15) is 5.75 Å². The van der Waals surface area contributed by atoms with Crippen LogP contribution in [0.2, 0.25) is 0 Å². The van der Waals surface area contributed by atoms with E-state index in [1.807, 2.05) is 0 Å². The molecular formula is C15H16N2O4S. The minimum atomic E-state index is -1.95. The third-order valence-corrected chi connectivity index (χ3v) is 3.56. The number of rotatable bonds is 5. The lowest BCUT2D eigenvalue weighted by molar-refractivity contribution is 0.102. The van der Waals surface area contributed by atoms with Gasteiger partial charge in [-0.3, -0.25) is 4.79 Å².